The molecule has 0 saturated heterocycles. The molecule has 0 amide bonds. The average molecular weight is 256 g/mol. The second-order valence-electron chi connectivity index (χ2n) is 5.92. The molecule has 0 aromatic rings. The first kappa shape index (κ1) is 15.4. The van der Waals surface area contributed by atoms with Gasteiger partial charge in [0, 0.05) is 12.1 Å². The highest BCUT2D eigenvalue weighted by Crippen LogP contribution is 2.25. The maximum Gasteiger partial charge on any atom is 0.325 e. The van der Waals surface area contributed by atoms with Crippen molar-refractivity contribution in [3.8, 4) is 0 Å². The van der Waals surface area contributed by atoms with E-state index in [4.69, 9.17) is 4.74 Å². The molecule has 4 nitrogen and oxygen atoms in total. The lowest BCUT2D eigenvalue weighted by Crippen LogP contribution is -2.51. The highest BCUT2D eigenvalue weighted by atomic mass is 16.5. The van der Waals surface area contributed by atoms with Crippen LogP contribution in [0.1, 0.15) is 46.5 Å². The van der Waals surface area contributed by atoms with Gasteiger partial charge in [0.05, 0.1) is 7.11 Å². The Morgan fingerprint density at radius 2 is 2.11 bits per heavy atom. The molecular weight excluding hydrogens is 228 g/mol. The molecule has 106 valence electrons. The normalized spacial score (nSPS) is 19.1. The molecule has 0 aromatic carbocycles. The summed E-state index contributed by atoms with van der Waals surface area (Å²) in [7, 11) is 3.59. The van der Waals surface area contributed by atoms with Crippen molar-refractivity contribution in [3.63, 3.8) is 0 Å². The lowest BCUT2D eigenvalue weighted by atomic mass is 9.95. The van der Waals surface area contributed by atoms with E-state index in [-0.39, 0.29) is 5.97 Å². The Morgan fingerprint density at radius 3 is 2.56 bits per heavy atom. The Hall–Kier alpha value is -0.610. The van der Waals surface area contributed by atoms with Crippen LogP contribution in [0, 0.1) is 0 Å². The Morgan fingerprint density at radius 1 is 1.50 bits per heavy atom. The third-order valence-electron chi connectivity index (χ3n) is 3.81. The Balaban J connectivity index is 2.43. The number of ether oxygens (including phenoxy) is 1. The van der Waals surface area contributed by atoms with Crippen LogP contribution in [-0.2, 0) is 9.53 Å². The minimum absolute atomic E-state index is 0.137. The molecule has 1 aliphatic carbocycles. The Kier molecular flexibility index (Phi) is 5.60. The van der Waals surface area contributed by atoms with Crippen LogP contribution in [0.3, 0.4) is 0 Å². The van der Waals surface area contributed by atoms with Gasteiger partial charge in [0.15, 0.2) is 0 Å². The van der Waals surface area contributed by atoms with Gasteiger partial charge in [-0.1, -0.05) is 0 Å². The number of carbonyl (C=O) groups excluding carboxylic acids is 1. The smallest absolute Gasteiger partial charge is 0.325 e. The molecule has 1 atom stereocenters. The van der Waals surface area contributed by atoms with Crippen molar-refractivity contribution in [2.75, 3.05) is 20.7 Å². The molecular formula is C14H28N2O2. The SMILES string of the molecule is COC(=O)C(C)(CCCN(C)C(C)C)NC1CC1. The maximum atomic E-state index is 11.9. The number of esters is 1. The first-order valence-electron chi connectivity index (χ1n) is 6.95. The fourth-order valence-corrected chi connectivity index (χ4v) is 2.08. The van der Waals surface area contributed by atoms with Crippen LogP contribution in [0.2, 0.25) is 0 Å². The van der Waals surface area contributed by atoms with Gasteiger partial charge in [-0.05, 0) is 60.0 Å². The van der Waals surface area contributed by atoms with Crippen LogP contribution < -0.4 is 5.32 Å². The number of carbonyl (C=O) groups is 1. The van der Waals surface area contributed by atoms with E-state index in [1.54, 1.807) is 0 Å². The lowest BCUT2D eigenvalue weighted by Gasteiger charge is -2.29. The van der Waals surface area contributed by atoms with Crippen molar-refractivity contribution in [1.29, 1.82) is 0 Å². The van der Waals surface area contributed by atoms with Gasteiger partial charge in [-0.25, -0.2) is 0 Å². The van der Waals surface area contributed by atoms with Gasteiger partial charge in [0.1, 0.15) is 5.54 Å². The van der Waals surface area contributed by atoms with Gasteiger partial charge in [0.25, 0.3) is 0 Å². The number of nitrogens with one attached hydrogen (secondary N) is 1. The molecule has 0 bridgehead atoms. The zero-order valence-corrected chi connectivity index (χ0v) is 12.5. The van der Waals surface area contributed by atoms with Crippen LogP contribution in [0.4, 0.5) is 0 Å². The molecule has 4 heteroatoms. The van der Waals surface area contributed by atoms with Crippen LogP contribution in [0.25, 0.3) is 0 Å². The summed E-state index contributed by atoms with van der Waals surface area (Å²) < 4.78 is 4.93. The number of methoxy groups -OCH3 is 1. The fraction of sp³-hybridized carbons (Fsp3) is 0.929. The maximum absolute atomic E-state index is 11.9. The second-order valence-corrected chi connectivity index (χ2v) is 5.92. The number of rotatable bonds is 8. The summed E-state index contributed by atoms with van der Waals surface area (Å²) >= 11 is 0. The first-order chi connectivity index (χ1) is 8.39. The molecule has 0 radical (unpaired) electrons. The first-order valence-corrected chi connectivity index (χ1v) is 6.95. The molecule has 1 unspecified atom stereocenters. The third-order valence-corrected chi connectivity index (χ3v) is 3.81. The van der Waals surface area contributed by atoms with Gasteiger partial charge >= 0.3 is 5.97 Å². The van der Waals surface area contributed by atoms with E-state index < -0.39 is 5.54 Å². The summed E-state index contributed by atoms with van der Waals surface area (Å²) in [5.41, 5.74) is -0.520. The van der Waals surface area contributed by atoms with E-state index in [2.05, 4.69) is 31.1 Å². The summed E-state index contributed by atoms with van der Waals surface area (Å²) in [6.45, 7) is 7.34. The number of hydrogen-bond donors (Lipinski definition) is 1. The van der Waals surface area contributed by atoms with Gasteiger partial charge < -0.3 is 9.64 Å². The van der Waals surface area contributed by atoms with Crippen molar-refractivity contribution >= 4 is 5.97 Å². The summed E-state index contributed by atoms with van der Waals surface area (Å²) in [5, 5.41) is 3.43. The monoisotopic (exact) mass is 256 g/mol. The molecule has 1 fully saturated rings. The predicted molar refractivity (Wildman–Crippen MR) is 73.6 cm³/mol. The fourth-order valence-electron chi connectivity index (χ4n) is 2.08. The van der Waals surface area contributed by atoms with E-state index in [9.17, 15) is 4.79 Å². The van der Waals surface area contributed by atoms with Crippen LogP contribution in [-0.4, -0.2) is 49.2 Å². The summed E-state index contributed by atoms with van der Waals surface area (Å²) in [5.74, 6) is -0.137. The molecule has 0 aliphatic heterocycles. The number of hydrogen-bond acceptors (Lipinski definition) is 4. The Bertz CT molecular complexity index is 277. The summed E-state index contributed by atoms with van der Waals surface area (Å²) in [4.78, 5) is 14.2. The van der Waals surface area contributed by atoms with Gasteiger partial charge in [0.2, 0.25) is 0 Å². The van der Waals surface area contributed by atoms with E-state index in [1.807, 2.05) is 6.92 Å². The van der Waals surface area contributed by atoms with E-state index in [0.717, 1.165) is 19.4 Å². The summed E-state index contributed by atoms with van der Waals surface area (Å²) in [6, 6.07) is 1.06. The van der Waals surface area contributed by atoms with Gasteiger partial charge in [-0.2, -0.15) is 0 Å². The average Bonchev–Trinajstić information content (AvgIpc) is 3.11. The van der Waals surface area contributed by atoms with Gasteiger partial charge in [-0.3, -0.25) is 10.1 Å². The summed E-state index contributed by atoms with van der Waals surface area (Å²) in [6.07, 6.45) is 4.18. The van der Waals surface area contributed by atoms with Crippen molar-refractivity contribution < 1.29 is 9.53 Å². The highest BCUT2D eigenvalue weighted by molar-refractivity contribution is 5.80. The lowest BCUT2D eigenvalue weighted by molar-refractivity contribution is -0.148. The van der Waals surface area contributed by atoms with Crippen LogP contribution >= 0.6 is 0 Å². The molecule has 18 heavy (non-hydrogen) atoms. The van der Waals surface area contributed by atoms with Crippen LogP contribution in [0.15, 0.2) is 0 Å². The number of nitrogens with zero attached hydrogens (tertiary/aromatic N) is 1. The third kappa shape index (κ3) is 4.58. The predicted octanol–water partition coefficient (Wildman–Crippen LogP) is 1.79. The molecule has 0 heterocycles. The Labute approximate surface area is 111 Å². The quantitative estimate of drug-likeness (QED) is 0.672. The van der Waals surface area contributed by atoms with E-state index in [0.29, 0.717) is 12.1 Å². The molecule has 1 saturated carbocycles. The standard InChI is InChI=1S/C14H28N2O2/c1-11(2)16(4)10-6-9-14(3,13(17)18-5)15-12-7-8-12/h11-12,15H,6-10H2,1-5H3. The van der Waals surface area contributed by atoms with Crippen LogP contribution in [0.5, 0.6) is 0 Å². The molecule has 1 rings (SSSR count). The zero-order chi connectivity index (χ0) is 13.8. The highest BCUT2D eigenvalue weighted by Gasteiger charge is 2.38. The van der Waals surface area contributed by atoms with Gasteiger partial charge in [-0.15, -0.1) is 0 Å². The minimum Gasteiger partial charge on any atom is -0.468 e. The van der Waals surface area contributed by atoms with Crippen molar-refractivity contribution in [1.82, 2.24) is 10.2 Å². The molecule has 1 N–H and O–H groups in total. The molecule has 1 aliphatic rings. The zero-order valence-electron chi connectivity index (χ0n) is 12.5. The van der Waals surface area contributed by atoms with Crippen molar-refractivity contribution in [2.45, 2.75) is 64.1 Å². The topological polar surface area (TPSA) is 41.6 Å². The second kappa shape index (κ2) is 6.53. The molecule has 0 aromatic heterocycles. The van der Waals surface area contributed by atoms with E-state index >= 15 is 0 Å². The minimum atomic E-state index is -0.520. The largest absolute Gasteiger partial charge is 0.468 e. The van der Waals surface area contributed by atoms with Crippen molar-refractivity contribution in [3.05, 3.63) is 0 Å². The molecule has 0 spiro atoms. The van der Waals surface area contributed by atoms with Crippen molar-refractivity contribution in [2.24, 2.45) is 0 Å². The van der Waals surface area contributed by atoms with E-state index in [1.165, 1.54) is 20.0 Å².